The van der Waals surface area contributed by atoms with Crippen molar-refractivity contribution in [2.75, 3.05) is 36.4 Å². The molecule has 1 aliphatic carbocycles. The number of carbonyl (C=O) groups is 2. The topological polar surface area (TPSA) is 72.9 Å². The van der Waals surface area contributed by atoms with Crippen molar-refractivity contribution in [1.29, 1.82) is 0 Å². The summed E-state index contributed by atoms with van der Waals surface area (Å²) in [4.78, 5) is 28.1. The standard InChI is InChI=1S/C17H21N3O3/c21-15-9-20(14-4-2-1-3-13(14)18-15)16(22)10-19-8-7-17(23,11-19)12-5-6-12/h1-4,12,23H,5-11H2,(H,18,21). The van der Waals surface area contributed by atoms with E-state index in [1.165, 1.54) is 0 Å². The molecule has 3 aliphatic rings. The molecule has 1 aromatic rings. The Labute approximate surface area is 135 Å². The molecule has 4 rings (SSSR count). The van der Waals surface area contributed by atoms with Gasteiger partial charge in [0.15, 0.2) is 0 Å². The first kappa shape index (κ1) is 14.7. The molecule has 2 N–H and O–H groups in total. The minimum absolute atomic E-state index is 0.0522. The molecule has 6 heteroatoms. The number of nitrogens with one attached hydrogen (secondary N) is 1. The highest BCUT2D eigenvalue weighted by molar-refractivity contribution is 6.10. The van der Waals surface area contributed by atoms with Gasteiger partial charge in [-0.25, -0.2) is 0 Å². The lowest BCUT2D eigenvalue weighted by Crippen LogP contribution is -2.47. The number of fused-ring (bicyclic) bond motifs is 1. The monoisotopic (exact) mass is 315 g/mol. The van der Waals surface area contributed by atoms with Crippen molar-refractivity contribution >= 4 is 23.2 Å². The minimum Gasteiger partial charge on any atom is -0.388 e. The van der Waals surface area contributed by atoms with Crippen molar-refractivity contribution in [3.05, 3.63) is 24.3 Å². The third-order valence-electron chi connectivity index (χ3n) is 5.13. The highest BCUT2D eigenvalue weighted by Gasteiger charge is 2.48. The fourth-order valence-corrected chi connectivity index (χ4v) is 3.72. The van der Waals surface area contributed by atoms with Crippen molar-refractivity contribution in [1.82, 2.24) is 4.90 Å². The average Bonchev–Trinajstić information content (AvgIpc) is 3.32. The first-order chi connectivity index (χ1) is 11.0. The summed E-state index contributed by atoms with van der Waals surface area (Å²) in [6.07, 6.45) is 2.93. The number of aliphatic hydroxyl groups is 1. The number of anilines is 2. The number of nitrogens with zero attached hydrogens (tertiary/aromatic N) is 2. The number of para-hydroxylation sites is 2. The Morgan fingerprint density at radius 2 is 2.13 bits per heavy atom. The third kappa shape index (κ3) is 2.72. The molecule has 0 radical (unpaired) electrons. The van der Waals surface area contributed by atoms with E-state index in [1.54, 1.807) is 11.0 Å². The van der Waals surface area contributed by atoms with Gasteiger partial charge in [-0.1, -0.05) is 12.1 Å². The molecule has 1 unspecified atom stereocenters. The van der Waals surface area contributed by atoms with E-state index in [1.807, 2.05) is 23.1 Å². The van der Waals surface area contributed by atoms with Crippen LogP contribution < -0.4 is 10.2 Å². The van der Waals surface area contributed by atoms with Gasteiger partial charge >= 0.3 is 0 Å². The Morgan fingerprint density at radius 1 is 1.35 bits per heavy atom. The van der Waals surface area contributed by atoms with Gasteiger partial charge in [0.25, 0.3) is 0 Å². The smallest absolute Gasteiger partial charge is 0.244 e. The van der Waals surface area contributed by atoms with Gasteiger partial charge in [-0.15, -0.1) is 0 Å². The van der Waals surface area contributed by atoms with Crippen LogP contribution in [0.3, 0.4) is 0 Å². The normalized spacial score (nSPS) is 27.7. The number of carbonyl (C=O) groups excluding carboxylic acids is 2. The maximum absolute atomic E-state index is 12.7. The Hall–Kier alpha value is -1.92. The number of rotatable bonds is 3. The van der Waals surface area contributed by atoms with Crippen molar-refractivity contribution in [2.24, 2.45) is 5.92 Å². The second-order valence-electron chi connectivity index (χ2n) is 6.88. The first-order valence-electron chi connectivity index (χ1n) is 8.19. The van der Waals surface area contributed by atoms with Gasteiger partial charge in [0.2, 0.25) is 11.8 Å². The number of hydrogen-bond donors (Lipinski definition) is 2. The van der Waals surface area contributed by atoms with Crippen molar-refractivity contribution in [2.45, 2.75) is 24.9 Å². The largest absolute Gasteiger partial charge is 0.388 e. The van der Waals surface area contributed by atoms with Crippen LogP contribution in [0.25, 0.3) is 0 Å². The first-order valence-corrected chi connectivity index (χ1v) is 8.19. The van der Waals surface area contributed by atoms with Crippen molar-refractivity contribution in [3.63, 3.8) is 0 Å². The van der Waals surface area contributed by atoms with E-state index >= 15 is 0 Å². The lowest BCUT2D eigenvalue weighted by atomic mass is 9.97. The minimum atomic E-state index is -0.614. The number of hydrogen-bond acceptors (Lipinski definition) is 4. The number of β-amino-alcohol motifs (C(OH)–C–C–N with tert-alkyl or cyclic N) is 1. The lowest BCUT2D eigenvalue weighted by Gasteiger charge is -2.30. The average molecular weight is 315 g/mol. The van der Waals surface area contributed by atoms with E-state index in [-0.39, 0.29) is 24.9 Å². The van der Waals surface area contributed by atoms with Crippen LogP contribution in [0.4, 0.5) is 11.4 Å². The van der Waals surface area contributed by atoms with E-state index in [9.17, 15) is 14.7 Å². The van der Waals surface area contributed by atoms with Gasteiger partial charge in [-0.05, 0) is 37.3 Å². The summed E-state index contributed by atoms with van der Waals surface area (Å²) in [6, 6.07) is 7.34. The summed E-state index contributed by atoms with van der Waals surface area (Å²) < 4.78 is 0. The van der Waals surface area contributed by atoms with Gasteiger partial charge in [-0.2, -0.15) is 0 Å². The Morgan fingerprint density at radius 3 is 2.91 bits per heavy atom. The van der Waals surface area contributed by atoms with Crippen LogP contribution in [0, 0.1) is 5.92 Å². The van der Waals surface area contributed by atoms with Crippen LogP contribution in [0.5, 0.6) is 0 Å². The maximum atomic E-state index is 12.7. The van der Waals surface area contributed by atoms with Crippen molar-refractivity contribution in [3.8, 4) is 0 Å². The van der Waals surface area contributed by atoms with Gasteiger partial charge in [0.05, 0.1) is 23.5 Å². The summed E-state index contributed by atoms with van der Waals surface area (Å²) in [5.74, 6) is 0.143. The summed E-state index contributed by atoms with van der Waals surface area (Å²) in [5.41, 5.74) is 0.805. The zero-order valence-electron chi connectivity index (χ0n) is 13.0. The number of amides is 2. The molecule has 0 spiro atoms. The predicted octanol–water partition coefficient (Wildman–Crippen LogP) is 0.818. The highest BCUT2D eigenvalue weighted by atomic mass is 16.3. The van der Waals surface area contributed by atoms with Gasteiger partial charge in [-0.3, -0.25) is 19.4 Å². The molecule has 23 heavy (non-hydrogen) atoms. The number of benzene rings is 1. The van der Waals surface area contributed by atoms with Crippen LogP contribution in [0.15, 0.2) is 24.3 Å². The van der Waals surface area contributed by atoms with E-state index in [4.69, 9.17) is 0 Å². The zero-order valence-corrected chi connectivity index (χ0v) is 13.0. The lowest BCUT2D eigenvalue weighted by molar-refractivity contribution is -0.122. The Bertz CT molecular complexity index is 658. The van der Waals surface area contributed by atoms with E-state index in [0.29, 0.717) is 18.2 Å². The fourth-order valence-electron chi connectivity index (χ4n) is 3.72. The molecule has 2 heterocycles. The summed E-state index contributed by atoms with van der Waals surface area (Å²) in [5, 5.41) is 13.4. The molecular weight excluding hydrogens is 294 g/mol. The summed E-state index contributed by atoms with van der Waals surface area (Å²) in [6.45, 7) is 1.60. The van der Waals surface area contributed by atoms with E-state index in [0.717, 1.165) is 31.5 Å². The van der Waals surface area contributed by atoms with Crippen molar-refractivity contribution < 1.29 is 14.7 Å². The SMILES string of the molecule is O=C1CN(C(=O)CN2CCC(O)(C3CC3)C2)c2ccccc2N1. The molecular formula is C17H21N3O3. The van der Waals surface area contributed by atoms with E-state index in [2.05, 4.69) is 5.32 Å². The molecule has 1 aromatic carbocycles. The fraction of sp³-hybridized carbons (Fsp3) is 0.529. The van der Waals surface area contributed by atoms with Gasteiger partial charge < -0.3 is 10.4 Å². The summed E-state index contributed by atoms with van der Waals surface area (Å²) >= 11 is 0. The second-order valence-corrected chi connectivity index (χ2v) is 6.88. The number of likely N-dealkylation sites (tertiary alicyclic amines) is 1. The second kappa shape index (κ2) is 5.32. The Balaban J connectivity index is 1.46. The molecule has 6 nitrogen and oxygen atoms in total. The molecule has 1 saturated heterocycles. The zero-order chi connectivity index (χ0) is 16.0. The molecule has 0 bridgehead atoms. The molecule has 0 aromatic heterocycles. The van der Waals surface area contributed by atoms with E-state index < -0.39 is 5.60 Å². The van der Waals surface area contributed by atoms with Crippen LogP contribution >= 0.6 is 0 Å². The molecule has 1 saturated carbocycles. The predicted molar refractivity (Wildman–Crippen MR) is 86.2 cm³/mol. The quantitative estimate of drug-likeness (QED) is 0.866. The molecule has 2 fully saturated rings. The van der Waals surface area contributed by atoms with Crippen LogP contribution in [-0.4, -0.2) is 53.6 Å². The third-order valence-corrected chi connectivity index (χ3v) is 5.13. The maximum Gasteiger partial charge on any atom is 0.244 e. The van der Waals surface area contributed by atoms with Crippen LogP contribution in [0.1, 0.15) is 19.3 Å². The summed E-state index contributed by atoms with van der Waals surface area (Å²) in [7, 11) is 0. The van der Waals surface area contributed by atoms with Crippen LogP contribution in [-0.2, 0) is 9.59 Å². The molecule has 1 atom stereocenters. The Kier molecular flexibility index (Phi) is 3.39. The van der Waals surface area contributed by atoms with Crippen LogP contribution in [0.2, 0.25) is 0 Å². The highest BCUT2D eigenvalue weighted by Crippen LogP contribution is 2.44. The molecule has 2 aliphatic heterocycles. The molecule has 2 amide bonds. The van der Waals surface area contributed by atoms with Gasteiger partial charge in [0, 0.05) is 13.1 Å². The molecule has 122 valence electrons. The van der Waals surface area contributed by atoms with Gasteiger partial charge in [0.1, 0.15) is 6.54 Å².